The molecular formula is C23H22N2O2. The molecule has 4 heteroatoms. The largest absolute Gasteiger partial charge is 0.497 e. The van der Waals surface area contributed by atoms with Gasteiger partial charge in [0.1, 0.15) is 5.75 Å². The lowest BCUT2D eigenvalue weighted by atomic mass is 9.88. The Morgan fingerprint density at radius 1 is 1.11 bits per heavy atom. The summed E-state index contributed by atoms with van der Waals surface area (Å²) in [6.07, 6.45) is 4.95. The van der Waals surface area contributed by atoms with Crippen LogP contribution in [-0.4, -0.2) is 29.4 Å². The van der Waals surface area contributed by atoms with Crippen molar-refractivity contribution >= 4 is 5.91 Å². The molecule has 0 spiro atoms. The average molecular weight is 358 g/mol. The Morgan fingerprint density at radius 2 is 1.89 bits per heavy atom. The van der Waals surface area contributed by atoms with E-state index in [1.807, 2.05) is 29.2 Å². The van der Waals surface area contributed by atoms with Crippen LogP contribution in [0.1, 0.15) is 33.1 Å². The van der Waals surface area contributed by atoms with Crippen molar-refractivity contribution in [3.63, 3.8) is 0 Å². The Labute approximate surface area is 159 Å². The fraction of sp³-hybridized carbons (Fsp3) is 0.217. The molecule has 0 aliphatic carbocycles. The second kappa shape index (κ2) is 7.62. The maximum absolute atomic E-state index is 13.2. The van der Waals surface area contributed by atoms with Gasteiger partial charge in [0.05, 0.1) is 13.2 Å². The number of methoxy groups -OCH3 is 1. The molecule has 0 saturated heterocycles. The lowest BCUT2D eigenvalue weighted by molar-refractivity contribution is 0.0660. The number of benzene rings is 2. The Balaban J connectivity index is 1.72. The molecule has 2 aromatic carbocycles. The van der Waals surface area contributed by atoms with E-state index in [1.165, 1.54) is 16.7 Å². The number of rotatable bonds is 4. The predicted octanol–water partition coefficient (Wildman–Crippen LogP) is 4.07. The van der Waals surface area contributed by atoms with Gasteiger partial charge in [-0.25, -0.2) is 0 Å². The van der Waals surface area contributed by atoms with E-state index in [-0.39, 0.29) is 11.9 Å². The highest BCUT2D eigenvalue weighted by molar-refractivity contribution is 5.94. The van der Waals surface area contributed by atoms with Crippen molar-refractivity contribution in [3.8, 4) is 5.75 Å². The number of amides is 1. The maximum atomic E-state index is 13.2. The molecule has 136 valence electrons. The molecule has 0 N–H and O–H groups in total. The molecule has 4 rings (SSSR count). The lowest BCUT2D eigenvalue weighted by Gasteiger charge is -2.38. The first-order chi connectivity index (χ1) is 13.3. The van der Waals surface area contributed by atoms with Crippen LogP contribution < -0.4 is 4.74 Å². The minimum absolute atomic E-state index is 0.00252. The van der Waals surface area contributed by atoms with Crippen LogP contribution in [0.4, 0.5) is 0 Å². The molecule has 2 heterocycles. The number of hydrogen-bond acceptors (Lipinski definition) is 3. The summed E-state index contributed by atoms with van der Waals surface area (Å²) in [6, 6.07) is 20.1. The van der Waals surface area contributed by atoms with E-state index < -0.39 is 0 Å². The minimum atomic E-state index is 0.00252. The van der Waals surface area contributed by atoms with Gasteiger partial charge in [-0.15, -0.1) is 0 Å². The van der Waals surface area contributed by atoms with Gasteiger partial charge < -0.3 is 9.64 Å². The summed E-state index contributed by atoms with van der Waals surface area (Å²) in [5, 5.41) is 0. The minimum Gasteiger partial charge on any atom is -0.497 e. The van der Waals surface area contributed by atoms with Crippen molar-refractivity contribution in [1.82, 2.24) is 9.88 Å². The van der Waals surface area contributed by atoms with Crippen LogP contribution in [0.3, 0.4) is 0 Å². The lowest BCUT2D eigenvalue weighted by Crippen LogP contribution is -2.41. The zero-order valence-electron chi connectivity index (χ0n) is 15.3. The molecule has 27 heavy (non-hydrogen) atoms. The van der Waals surface area contributed by atoms with E-state index in [0.717, 1.165) is 18.6 Å². The van der Waals surface area contributed by atoms with E-state index in [4.69, 9.17) is 4.74 Å². The van der Waals surface area contributed by atoms with Crippen LogP contribution in [0.2, 0.25) is 0 Å². The molecular weight excluding hydrogens is 336 g/mol. The molecule has 0 fully saturated rings. The van der Waals surface area contributed by atoms with Gasteiger partial charge in [0, 0.05) is 24.5 Å². The summed E-state index contributed by atoms with van der Waals surface area (Å²) in [5.41, 5.74) is 4.36. The fourth-order valence-electron chi connectivity index (χ4n) is 3.78. The third kappa shape index (κ3) is 3.56. The van der Waals surface area contributed by atoms with Gasteiger partial charge in [0.2, 0.25) is 0 Å². The Bertz CT molecular complexity index is 926. The van der Waals surface area contributed by atoms with E-state index >= 15 is 0 Å². The van der Waals surface area contributed by atoms with Crippen LogP contribution >= 0.6 is 0 Å². The van der Waals surface area contributed by atoms with E-state index in [0.29, 0.717) is 12.1 Å². The third-order valence-electron chi connectivity index (χ3n) is 5.17. The van der Waals surface area contributed by atoms with Gasteiger partial charge in [-0.05, 0) is 53.8 Å². The number of nitrogens with zero attached hydrogens (tertiary/aromatic N) is 2. The number of carbonyl (C=O) groups is 1. The van der Waals surface area contributed by atoms with Crippen molar-refractivity contribution in [2.45, 2.75) is 18.9 Å². The SMILES string of the molecule is COc1ccc2c(c1)CCN(C(=O)c1ccncc1)C2Cc1ccccc1. The first-order valence-corrected chi connectivity index (χ1v) is 9.18. The Morgan fingerprint density at radius 3 is 2.63 bits per heavy atom. The normalized spacial score (nSPS) is 15.9. The van der Waals surface area contributed by atoms with Crippen LogP contribution in [0, 0.1) is 0 Å². The van der Waals surface area contributed by atoms with Crippen molar-refractivity contribution in [3.05, 3.63) is 95.3 Å². The molecule has 1 aromatic heterocycles. The first kappa shape index (κ1) is 17.3. The summed E-state index contributed by atoms with van der Waals surface area (Å²) < 4.78 is 5.39. The predicted molar refractivity (Wildman–Crippen MR) is 105 cm³/mol. The molecule has 4 nitrogen and oxygen atoms in total. The molecule has 1 aliphatic heterocycles. The van der Waals surface area contributed by atoms with E-state index in [2.05, 4.69) is 29.2 Å². The summed E-state index contributed by atoms with van der Waals surface area (Å²) >= 11 is 0. The quantitative estimate of drug-likeness (QED) is 0.706. The van der Waals surface area contributed by atoms with Gasteiger partial charge >= 0.3 is 0 Å². The molecule has 1 aliphatic rings. The van der Waals surface area contributed by atoms with Crippen LogP contribution in [-0.2, 0) is 12.8 Å². The molecule has 1 unspecified atom stereocenters. The topological polar surface area (TPSA) is 42.4 Å². The van der Waals surface area contributed by atoms with Gasteiger partial charge in [0.15, 0.2) is 0 Å². The van der Waals surface area contributed by atoms with E-state index in [9.17, 15) is 4.79 Å². The average Bonchev–Trinajstić information content (AvgIpc) is 2.74. The molecule has 0 radical (unpaired) electrons. The number of hydrogen-bond donors (Lipinski definition) is 0. The van der Waals surface area contributed by atoms with Gasteiger partial charge in [0.25, 0.3) is 5.91 Å². The molecule has 0 saturated carbocycles. The molecule has 3 aromatic rings. The second-order valence-corrected chi connectivity index (χ2v) is 6.75. The fourth-order valence-corrected chi connectivity index (χ4v) is 3.78. The van der Waals surface area contributed by atoms with Gasteiger partial charge in [-0.1, -0.05) is 36.4 Å². The first-order valence-electron chi connectivity index (χ1n) is 9.18. The highest BCUT2D eigenvalue weighted by Gasteiger charge is 2.31. The number of ether oxygens (including phenoxy) is 1. The summed E-state index contributed by atoms with van der Waals surface area (Å²) in [7, 11) is 1.69. The van der Waals surface area contributed by atoms with Crippen molar-refractivity contribution in [1.29, 1.82) is 0 Å². The summed E-state index contributed by atoms with van der Waals surface area (Å²) in [4.78, 5) is 19.2. The Hall–Kier alpha value is -3.14. The second-order valence-electron chi connectivity index (χ2n) is 6.75. The highest BCUT2D eigenvalue weighted by Crippen LogP contribution is 2.35. The van der Waals surface area contributed by atoms with Crippen LogP contribution in [0.25, 0.3) is 0 Å². The van der Waals surface area contributed by atoms with Crippen LogP contribution in [0.5, 0.6) is 5.75 Å². The maximum Gasteiger partial charge on any atom is 0.254 e. The number of carbonyl (C=O) groups excluding carboxylic acids is 1. The monoisotopic (exact) mass is 358 g/mol. The van der Waals surface area contributed by atoms with Crippen molar-refractivity contribution < 1.29 is 9.53 Å². The highest BCUT2D eigenvalue weighted by atomic mass is 16.5. The van der Waals surface area contributed by atoms with Gasteiger partial charge in [-0.2, -0.15) is 0 Å². The summed E-state index contributed by atoms with van der Waals surface area (Å²) in [5.74, 6) is 0.918. The van der Waals surface area contributed by atoms with E-state index in [1.54, 1.807) is 31.6 Å². The zero-order valence-corrected chi connectivity index (χ0v) is 15.3. The molecule has 1 atom stereocenters. The Kier molecular flexibility index (Phi) is 4.88. The smallest absolute Gasteiger partial charge is 0.254 e. The molecule has 1 amide bonds. The summed E-state index contributed by atoms with van der Waals surface area (Å²) in [6.45, 7) is 0.693. The molecule has 0 bridgehead atoms. The van der Waals surface area contributed by atoms with Crippen LogP contribution in [0.15, 0.2) is 73.1 Å². The van der Waals surface area contributed by atoms with Crippen molar-refractivity contribution in [2.75, 3.05) is 13.7 Å². The van der Waals surface area contributed by atoms with Crippen molar-refractivity contribution in [2.24, 2.45) is 0 Å². The number of pyridine rings is 1. The zero-order chi connectivity index (χ0) is 18.6. The number of fused-ring (bicyclic) bond motifs is 1. The third-order valence-corrected chi connectivity index (χ3v) is 5.17. The van der Waals surface area contributed by atoms with Gasteiger partial charge in [-0.3, -0.25) is 9.78 Å². The number of aromatic nitrogens is 1. The standard InChI is InChI=1S/C23H22N2O2/c1-27-20-7-8-21-19(16-20)11-14-25(23(26)18-9-12-24-13-10-18)22(21)15-17-5-3-2-4-6-17/h2-10,12-13,16,22H,11,14-15H2,1H3.